The minimum atomic E-state index is -0.884. The molecule has 1 aliphatic heterocycles. The number of anilines is 3. The van der Waals surface area contributed by atoms with Gasteiger partial charge in [-0.3, -0.25) is 9.69 Å². The first-order chi connectivity index (χ1) is 15.8. The van der Waals surface area contributed by atoms with Gasteiger partial charge in [-0.25, -0.2) is 13.6 Å². The molecule has 1 fully saturated rings. The van der Waals surface area contributed by atoms with E-state index in [1.54, 1.807) is 23.1 Å². The van der Waals surface area contributed by atoms with Gasteiger partial charge in [-0.1, -0.05) is 0 Å². The van der Waals surface area contributed by atoms with Gasteiger partial charge in [-0.05, 0) is 43.3 Å². The number of nitrogens with zero attached hydrogens (tertiary/aromatic N) is 2. The SMILES string of the molecule is CN(C)c1ccc(NC(=O)Nc2ccc(F)cc2F)cc1C(=O)NCCCN1CCOCC1. The van der Waals surface area contributed by atoms with Crippen molar-refractivity contribution in [1.29, 1.82) is 0 Å². The molecule has 1 saturated heterocycles. The molecule has 1 heterocycles. The first-order valence-electron chi connectivity index (χ1n) is 10.8. The second kappa shape index (κ2) is 11.6. The van der Waals surface area contributed by atoms with Crippen molar-refractivity contribution in [2.45, 2.75) is 6.42 Å². The maximum absolute atomic E-state index is 13.8. The summed E-state index contributed by atoms with van der Waals surface area (Å²) in [6.07, 6.45) is 0.812. The summed E-state index contributed by atoms with van der Waals surface area (Å²) in [7, 11) is 3.64. The van der Waals surface area contributed by atoms with Crippen LogP contribution in [0.25, 0.3) is 0 Å². The molecule has 0 atom stereocenters. The molecule has 3 amide bonds. The van der Waals surface area contributed by atoms with Gasteiger partial charge in [0, 0.05) is 51.2 Å². The molecular formula is C23H29F2N5O3. The molecule has 0 unspecified atom stereocenters. The van der Waals surface area contributed by atoms with Crippen molar-refractivity contribution in [2.75, 3.05) is 69.0 Å². The van der Waals surface area contributed by atoms with Crippen LogP contribution in [0.4, 0.5) is 30.6 Å². The molecule has 1 aliphatic rings. The number of morpholine rings is 1. The summed E-state index contributed by atoms with van der Waals surface area (Å²) in [5, 5.41) is 7.84. The van der Waals surface area contributed by atoms with Gasteiger partial charge in [0.25, 0.3) is 5.91 Å². The third-order valence-electron chi connectivity index (χ3n) is 5.20. The molecular weight excluding hydrogens is 432 g/mol. The number of halogens is 2. The quantitative estimate of drug-likeness (QED) is 0.526. The van der Waals surface area contributed by atoms with E-state index >= 15 is 0 Å². The van der Waals surface area contributed by atoms with Crippen LogP contribution in [0.15, 0.2) is 36.4 Å². The van der Waals surface area contributed by atoms with Crippen LogP contribution in [0.5, 0.6) is 0 Å². The maximum Gasteiger partial charge on any atom is 0.323 e. The Balaban J connectivity index is 1.60. The molecule has 0 bridgehead atoms. The predicted octanol–water partition coefficient (Wildman–Crippen LogP) is 3.13. The summed E-state index contributed by atoms with van der Waals surface area (Å²) in [5.74, 6) is -1.88. The van der Waals surface area contributed by atoms with Crippen LogP contribution in [-0.2, 0) is 4.74 Å². The Kier molecular flexibility index (Phi) is 8.56. The molecule has 2 aromatic carbocycles. The number of urea groups is 1. The first kappa shape index (κ1) is 24.4. The zero-order chi connectivity index (χ0) is 23.8. The van der Waals surface area contributed by atoms with Crippen LogP contribution in [-0.4, -0.2) is 70.3 Å². The Morgan fingerprint density at radius 2 is 1.82 bits per heavy atom. The Hall–Kier alpha value is -3.24. The number of amides is 3. The van der Waals surface area contributed by atoms with Crippen molar-refractivity contribution in [3.05, 3.63) is 53.6 Å². The van der Waals surface area contributed by atoms with E-state index in [-0.39, 0.29) is 11.6 Å². The Bertz CT molecular complexity index is 981. The summed E-state index contributed by atoms with van der Waals surface area (Å²) in [4.78, 5) is 29.2. The fourth-order valence-electron chi connectivity index (χ4n) is 3.49. The fraction of sp³-hybridized carbons (Fsp3) is 0.391. The standard InChI is InChI=1S/C23H29F2N5O3/c1-29(2)21-7-5-17(27-23(32)28-20-6-4-16(24)14-19(20)25)15-18(21)22(31)26-8-3-9-30-10-12-33-13-11-30/h4-7,14-15H,3,8-13H2,1-2H3,(H,26,31)(H2,27,28,32). The van der Waals surface area contributed by atoms with Gasteiger partial charge in [-0.15, -0.1) is 0 Å². The number of nitrogens with one attached hydrogen (secondary N) is 3. The van der Waals surface area contributed by atoms with Gasteiger partial charge in [0.1, 0.15) is 11.6 Å². The second-order valence-electron chi connectivity index (χ2n) is 7.89. The lowest BCUT2D eigenvalue weighted by Gasteiger charge is -2.26. The van der Waals surface area contributed by atoms with Crippen LogP contribution >= 0.6 is 0 Å². The van der Waals surface area contributed by atoms with Gasteiger partial charge < -0.3 is 25.6 Å². The van der Waals surface area contributed by atoms with Gasteiger partial charge in [-0.2, -0.15) is 0 Å². The van der Waals surface area contributed by atoms with E-state index in [2.05, 4.69) is 20.9 Å². The number of hydrogen-bond acceptors (Lipinski definition) is 5. The van der Waals surface area contributed by atoms with Crippen molar-refractivity contribution in [3.63, 3.8) is 0 Å². The summed E-state index contributed by atoms with van der Waals surface area (Å²) in [5.41, 5.74) is 1.30. The fourth-order valence-corrected chi connectivity index (χ4v) is 3.49. The van der Waals surface area contributed by atoms with Crippen molar-refractivity contribution in [2.24, 2.45) is 0 Å². The van der Waals surface area contributed by atoms with Crippen LogP contribution in [0.3, 0.4) is 0 Å². The lowest BCUT2D eigenvalue weighted by Crippen LogP contribution is -2.38. The zero-order valence-electron chi connectivity index (χ0n) is 18.8. The van der Waals surface area contributed by atoms with E-state index in [4.69, 9.17) is 4.74 Å². The van der Waals surface area contributed by atoms with E-state index in [9.17, 15) is 18.4 Å². The molecule has 0 aliphatic carbocycles. The number of carbonyl (C=O) groups excluding carboxylic acids is 2. The van der Waals surface area contributed by atoms with Crippen molar-refractivity contribution >= 4 is 29.0 Å². The van der Waals surface area contributed by atoms with E-state index in [0.717, 1.165) is 51.4 Å². The number of benzene rings is 2. The average molecular weight is 462 g/mol. The Morgan fingerprint density at radius 3 is 2.52 bits per heavy atom. The normalized spacial score (nSPS) is 13.9. The van der Waals surface area contributed by atoms with E-state index in [1.165, 1.54) is 0 Å². The molecule has 0 radical (unpaired) electrons. The molecule has 0 spiro atoms. The van der Waals surface area contributed by atoms with Crippen molar-refractivity contribution in [3.8, 4) is 0 Å². The smallest absolute Gasteiger partial charge is 0.323 e. The highest BCUT2D eigenvalue weighted by molar-refractivity contribution is 6.04. The number of carbonyl (C=O) groups is 2. The molecule has 2 aromatic rings. The second-order valence-corrected chi connectivity index (χ2v) is 7.89. The minimum Gasteiger partial charge on any atom is -0.379 e. The van der Waals surface area contributed by atoms with Crippen molar-refractivity contribution in [1.82, 2.24) is 10.2 Å². The summed E-state index contributed by atoms with van der Waals surface area (Å²) >= 11 is 0. The third kappa shape index (κ3) is 7.13. The molecule has 0 saturated carbocycles. The molecule has 10 heteroatoms. The number of rotatable bonds is 8. The van der Waals surface area contributed by atoms with Crippen LogP contribution in [0.1, 0.15) is 16.8 Å². The van der Waals surface area contributed by atoms with E-state index in [1.807, 2.05) is 14.1 Å². The average Bonchev–Trinajstić information content (AvgIpc) is 2.79. The maximum atomic E-state index is 13.8. The Labute approximate surface area is 191 Å². The molecule has 178 valence electrons. The Morgan fingerprint density at radius 1 is 1.06 bits per heavy atom. The number of hydrogen-bond donors (Lipinski definition) is 3. The largest absolute Gasteiger partial charge is 0.379 e. The molecule has 33 heavy (non-hydrogen) atoms. The lowest BCUT2D eigenvalue weighted by atomic mass is 10.1. The van der Waals surface area contributed by atoms with Gasteiger partial charge in [0.15, 0.2) is 0 Å². The molecule has 3 rings (SSSR count). The highest BCUT2D eigenvalue weighted by Gasteiger charge is 2.16. The minimum absolute atomic E-state index is 0.156. The van der Waals surface area contributed by atoms with Gasteiger partial charge in [0.05, 0.1) is 24.5 Å². The highest BCUT2D eigenvalue weighted by Crippen LogP contribution is 2.23. The summed E-state index contributed by atoms with van der Waals surface area (Å²) in [6.45, 7) is 4.67. The number of ether oxygens (including phenoxy) is 1. The third-order valence-corrected chi connectivity index (χ3v) is 5.20. The van der Waals surface area contributed by atoms with Crippen LogP contribution < -0.4 is 20.9 Å². The summed E-state index contributed by atoms with van der Waals surface area (Å²) < 4.78 is 32.2. The highest BCUT2D eigenvalue weighted by atomic mass is 19.1. The van der Waals surface area contributed by atoms with E-state index in [0.29, 0.717) is 29.5 Å². The zero-order valence-corrected chi connectivity index (χ0v) is 18.8. The molecule has 3 N–H and O–H groups in total. The lowest BCUT2D eigenvalue weighted by molar-refractivity contribution is 0.0374. The summed E-state index contributed by atoms with van der Waals surface area (Å²) in [6, 6.07) is 7.08. The molecule has 8 nitrogen and oxygen atoms in total. The monoisotopic (exact) mass is 461 g/mol. The van der Waals surface area contributed by atoms with Crippen LogP contribution in [0, 0.1) is 11.6 Å². The van der Waals surface area contributed by atoms with Crippen LogP contribution in [0.2, 0.25) is 0 Å². The predicted molar refractivity (Wildman–Crippen MR) is 124 cm³/mol. The van der Waals surface area contributed by atoms with Gasteiger partial charge >= 0.3 is 6.03 Å². The molecule has 0 aromatic heterocycles. The topological polar surface area (TPSA) is 85.9 Å². The first-order valence-corrected chi connectivity index (χ1v) is 10.8. The van der Waals surface area contributed by atoms with Crippen molar-refractivity contribution < 1.29 is 23.1 Å². The van der Waals surface area contributed by atoms with Gasteiger partial charge in [0.2, 0.25) is 0 Å². The van der Waals surface area contributed by atoms with E-state index < -0.39 is 17.7 Å².